The van der Waals surface area contributed by atoms with Crippen molar-refractivity contribution in [2.45, 2.75) is 33.1 Å². The van der Waals surface area contributed by atoms with Crippen molar-refractivity contribution in [3.05, 3.63) is 39.3 Å². The molecule has 0 aliphatic carbocycles. The molecule has 31 heavy (non-hydrogen) atoms. The molecule has 1 aromatic carbocycles. The molecule has 1 aromatic heterocycles. The summed E-state index contributed by atoms with van der Waals surface area (Å²) in [4.78, 5) is 39.3. The standard InChI is InChI=1S/C21H26ClN5O3S/c1-13(2)8-9-23-17(28)14-5-4-10-27(12-14)21(30)20-26-25-19(31-20)18(29)24-16-7-3-6-15(22)11-16/h3,6-7,11,13-14H,4-5,8-10,12H2,1-2H3,(H,23,28)(H,24,29). The molecule has 2 aromatic rings. The van der Waals surface area contributed by atoms with Crippen LogP contribution in [-0.4, -0.2) is 52.5 Å². The Balaban J connectivity index is 1.58. The second-order valence-corrected chi connectivity index (χ2v) is 9.35. The van der Waals surface area contributed by atoms with Crippen LogP contribution in [0.5, 0.6) is 0 Å². The third-order valence-corrected chi connectivity index (χ3v) is 6.13. The maximum absolute atomic E-state index is 12.9. The Morgan fingerprint density at radius 2 is 2.03 bits per heavy atom. The van der Waals surface area contributed by atoms with Crippen LogP contribution in [0.15, 0.2) is 24.3 Å². The van der Waals surface area contributed by atoms with Crippen molar-refractivity contribution in [1.82, 2.24) is 20.4 Å². The van der Waals surface area contributed by atoms with E-state index in [1.165, 1.54) is 0 Å². The van der Waals surface area contributed by atoms with E-state index in [0.717, 1.165) is 30.6 Å². The van der Waals surface area contributed by atoms with Crippen LogP contribution in [0.4, 0.5) is 5.69 Å². The molecule has 1 atom stereocenters. The van der Waals surface area contributed by atoms with Gasteiger partial charge in [-0.05, 0) is 43.4 Å². The fourth-order valence-electron chi connectivity index (χ4n) is 3.29. The predicted octanol–water partition coefficient (Wildman–Crippen LogP) is 3.46. The van der Waals surface area contributed by atoms with Crippen molar-refractivity contribution in [2.24, 2.45) is 11.8 Å². The molecule has 0 bridgehead atoms. The monoisotopic (exact) mass is 463 g/mol. The molecule has 8 nitrogen and oxygen atoms in total. The van der Waals surface area contributed by atoms with Crippen molar-refractivity contribution in [3.8, 4) is 0 Å². The van der Waals surface area contributed by atoms with Crippen LogP contribution in [0.3, 0.4) is 0 Å². The molecule has 2 heterocycles. The fourth-order valence-corrected chi connectivity index (χ4v) is 4.19. The third kappa shape index (κ3) is 6.48. The second-order valence-electron chi connectivity index (χ2n) is 7.94. The molecular formula is C21H26ClN5O3S. The lowest BCUT2D eigenvalue weighted by molar-refractivity contribution is -0.126. The van der Waals surface area contributed by atoms with E-state index < -0.39 is 5.91 Å². The molecule has 3 amide bonds. The first-order valence-electron chi connectivity index (χ1n) is 10.3. The van der Waals surface area contributed by atoms with Gasteiger partial charge in [0.05, 0.1) is 5.92 Å². The Hall–Kier alpha value is -2.52. The van der Waals surface area contributed by atoms with E-state index in [2.05, 4.69) is 34.7 Å². The number of likely N-dealkylation sites (tertiary alicyclic amines) is 1. The highest BCUT2D eigenvalue weighted by Gasteiger charge is 2.30. The van der Waals surface area contributed by atoms with E-state index in [9.17, 15) is 14.4 Å². The molecule has 166 valence electrons. The molecule has 1 aliphatic heterocycles. The molecule has 1 fully saturated rings. The number of aromatic nitrogens is 2. The highest BCUT2D eigenvalue weighted by atomic mass is 35.5. The van der Waals surface area contributed by atoms with Gasteiger partial charge in [-0.1, -0.05) is 42.9 Å². The molecule has 10 heteroatoms. The van der Waals surface area contributed by atoms with Gasteiger partial charge in [-0.25, -0.2) is 0 Å². The number of hydrogen-bond donors (Lipinski definition) is 2. The SMILES string of the molecule is CC(C)CCNC(=O)C1CCCN(C(=O)c2nnc(C(=O)Nc3cccc(Cl)c3)s2)C1. The van der Waals surface area contributed by atoms with Gasteiger partial charge in [0.1, 0.15) is 0 Å². The molecule has 0 spiro atoms. The van der Waals surface area contributed by atoms with E-state index >= 15 is 0 Å². The highest BCUT2D eigenvalue weighted by Crippen LogP contribution is 2.21. The Morgan fingerprint density at radius 1 is 1.26 bits per heavy atom. The van der Waals surface area contributed by atoms with Gasteiger partial charge in [-0.3, -0.25) is 14.4 Å². The summed E-state index contributed by atoms with van der Waals surface area (Å²) >= 11 is 6.86. The zero-order valence-corrected chi connectivity index (χ0v) is 19.1. The molecule has 1 aliphatic rings. The highest BCUT2D eigenvalue weighted by molar-refractivity contribution is 7.15. The van der Waals surface area contributed by atoms with Crippen LogP contribution in [0.2, 0.25) is 5.02 Å². The summed E-state index contributed by atoms with van der Waals surface area (Å²) in [5.41, 5.74) is 0.530. The number of hydrogen-bond acceptors (Lipinski definition) is 6. The third-order valence-electron chi connectivity index (χ3n) is 4.98. The summed E-state index contributed by atoms with van der Waals surface area (Å²) < 4.78 is 0. The Kier molecular flexibility index (Phi) is 7.97. The lowest BCUT2D eigenvalue weighted by atomic mass is 9.97. The first-order chi connectivity index (χ1) is 14.8. The van der Waals surface area contributed by atoms with Gasteiger partial charge in [-0.2, -0.15) is 0 Å². The summed E-state index contributed by atoms with van der Waals surface area (Å²) in [6.45, 7) is 5.76. The zero-order chi connectivity index (χ0) is 22.4. The van der Waals surface area contributed by atoms with E-state index in [4.69, 9.17) is 11.6 Å². The number of nitrogens with zero attached hydrogens (tertiary/aromatic N) is 3. The van der Waals surface area contributed by atoms with Crippen molar-refractivity contribution in [3.63, 3.8) is 0 Å². The number of piperidine rings is 1. The van der Waals surface area contributed by atoms with Crippen molar-refractivity contribution in [2.75, 3.05) is 25.0 Å². The molecule has 1 unspecified atom stereocenters. The number of carbonyl (C=O) groups excluding carboxylic acids is 3. The number of carbonyl (C=O) groups is 3. The minimum Gasteiger partial charge on any atom is -0.356 e. The first kappa shape index (κ1) is 23.1. The van der Waals surface area contributed by atoms with Gasteiger partial charge in [0.15, 0.2) is 0 Å². The number of rotatable bonds is 7. The van der Waals surface area contributed by atoms with Gasteiger partial charge in [0.2, 0.25) is 15.9 Å². The van der Waals surface area contributed by atoms with Crippen LogP contribution in [0.1, 0.15) is 52.7 Å². The normalized spacial score (nSPS) is 16.3. The average Bonchev–Trinajstić information content (AvgIpc) is 3.23. The summed E-state index contributed by atoms with van der Waals surface area (Å²) in [6.07, 6.45) is 2.42. The van der Waals surface area contributed by atoms with Gasteiger partial charge in [-0.15, -0.1) is 10.2 Å². The summed E-state index contributed by atoms with van der Waals surface area (Å²) in [5, 5.41) is 14.1. The minimum absolute atomic E-state index is 0.0167. The Labute approximate surface area is 190 Å². The summed E-state index contributed by atoms with van der Waals surface area (Å²) in [6, 6.07) is 6.75. The van der Waals surface area contributed by atoms with E-state index in [0.29, 0.717) is 36.3 Å². The van der Waals surface area contributed by atoms with Crippen LogP contribution in [0, 0.1) is 11.8 Å². The zero-order valence-electron chi connectivity index (χ0n) is 17.6. The average molecular weight is 464 g/mol. The number of amides is 3. The predicted molar refractivity (Wildman–Crippen MR) is 120 cm³/mol. The van der Waals surface area contributed by atoms with Crippen LogP contribution < -0.4 is 10.6 Å². The molecule has 0 radical (unpaired) electrons. The van der Waals surface area contributed by atoms with Gasteiger partial charge in [0.25, 0.3) is 11.8 Å². The minimum atomic E-state index is -0.458. The van der Waals surface area contributed by atoms with E-state index in [-0.39, 0.29) is 27.7 Å². The molecule has 1 saturated heterocycles. The fraction of sp³-hybridized carbons (Fsp3) is 0.476. The number of anilines is 1. The van der Waals surface area contributed by atoms with Gasteiger partial charge < -0.3 is 15.5 Å². The number of benzene rings is 1. The number of nitrogens with one attached hydrogen (secondary N) is 2. The van der Waals surface area contributed by atoms with Crippen molar-refractivity contribution < 1.29 is 14.4 Å². The first-order valence-corrected chi connectivity index (χ1v) is 11.5. The topological polar surface area (TPSA) is 104 Å². The van der Waals surface area contributed by atoms with Gasteiger partial charge >= 0.3 is 0 Å². The van der Waals surface area contributed by atoms with Crippen molar-refractivity contribution >= 4 is 46.3 Å². The maximum Gasteiger partial charge on any atom is 0.286 e. The van der Waals surface area contributed by atoms with Crippen molar-refractivity contribution in [1.29, 1.82) is 0 Å². The maximum atomic E-state index is 12.9. The van der Waals surface area contributed by atoms with Gasteiger partial charge in [0, 0.05) is 30.3 Å². The second kappa shape index (κ2) is 10.7. The Bertz CT molecular complexity index is 949. The lowest BCUT2D eigenvalue weighted by Gasteiger charge is -2.31. The van der Waals surface area contributed by atoms with E-state index in [1.807, 2.05) is 0 Å². The number of halogens is 1. The smallest absolute Gasteiger partial charge is 0.286 e. The quantitative estimate of drug-likeness (QED) is 0.654. The van der Waals surface area contributed by atoms with Crippen LogP contribution >= 0.6 is 22.9 Å². The molecule has 3 rings (SSSR count). The van der Waals surface area contributed by atoms with E-state index in [1.54, 1.807) is 29.2 Å². The Morgan fingerprint density at radius 3 is 2.77 bits per heavy atom. The lowest BCUT2D eigenvalue weighted by Crippen LogP contribution is -2.45. The largest absolute Gasteiger partial charge is 0.356 e. The molecular weight excluding hydrogens is 438 g/mol. The van der Waals surface area contributed by atoms with Crippen LogP contribution in [0.25, 0.3) is 0 Å². The molecule has 2 N–H and O–H groups in total. The van der Waals surface area contributed by atoms with Crippen LogP contribution in [-0.2, 0) is 4.79 Å². The molecule has 0 saturated carbocycles. The summed E-state index contributed by atoms with van der Waals surface area (Å²) in [7, 11) is 0. The summed E-state index contributed by atoms with van der Waals surface area (Å²) in [5.74, 6) is -0.494.